The van der Waals surface area contributed by atoms with E-state index in [1.165, 1.54) is 11.3 Å². The van der Waals surface area contributed by atoms with Crippen molar-refractivity contribution in [3.8, 4) is 16.4 Å². The lowest BCUT2D eigenvalue weighted by Gasteiger charge is -2.03. The van der Waals surface area contributed by atoms with E-state index in [0.717, 1.165) is 16.4 Å². The van der Waals surface area contributed by atoms with Crippen molar-refractivity contribution in [2.75, 3.05) is 5.73 Å². The van der Waals surface area contributed by atoms with Gasteiger partial charge in [0.25, 0.3) is 0 Å². The molecule has 17 heavy (non-hydrogen) atoms. The Morgan fingerprint density at radius 1 is 1.06 bits per heavy atom. The van der Waals surface area contributed by atoms with Crippen molar-refractivity contribution in [3.63, 3.8) is 0 Å². The van der Waals surface area contributed by atoms with Gasteiger partial charge in [-0.25, -0.2) is 4.68 Å². The molecule has 0 bridgehead atoms. The molecule has 2 aromatic heterocycles. The summed E-state index contributed by atoms with van der Waals surface area (Å²) >= 11 is 1.35. The Morgan fingerprint density at radius 2 is 1.88 bits per heavy atom. The number of aromatic nitrogens is 4. The maximum Gasteiger partial charge on any atom is 0.203 e. The van der Waals surface area contributed by atoms with E-state index < -0.39 is 0 Å². The molecular formula is C11H9N5S. The minimum absolute atomic E-state index is 0.459. The van der Waals surface area contributed by atoms with Gasteiger partial charge in [-0.05, 0) is 18.2 Å². The maximum absolute atomic E-state index is 5.59. The zero-order chi connectivity index (χ0) is 11.7. The quantitative estimate of drug-likeness (QED) is 0.747. The van der Waals surface area contributed by atoms with E-state index in [4.69, 9.17) is 5.73 Å². The standard InChI is InChI=1S/C11H9N5S/c12-11-15-14-10(17-11)9-6-7-13-16(9)8-4-2-1-3-5-8/h1-7H,(H2,12,15). The molecule has 5 nitrogen and oxygen atoms in total. The lowest BCUT2D eigenvalue weighted by Crippen LogP contribution is -1.97. The maximum atomic E-state index is 5.59. The van der Waals surface area contributed by atoms with Crippen LogP contribution in [0.3, 0.4) is 0 Å². The molecule has 0 saturated carbocycles. The molecule has 3 aromatic rings. The number of benzene rings is 1. The molecule has 0 fully saturated rings. The third-order valence-electron chi connectivity index (χ3n) is 2.30. The van der Waals surface area contributed by atoms with Gasteiger partial charge in [0.2, 0.25) is 5.13 Å². The molecule has 0 saturated heterocycles. The molecule has 84 valence electrons. The van der Waals surface area contributed by atoms with Crippen LogP contribution in [0.2, 0.25) is 0 Å². The summed E-state index contributed by atoms with van der Waals surface area (Å²) in [5.41, 5.74) is 7.47. The van der Waals surface area contributed by atoms with Gasteiger partial charge in [-0.2, -0.15) is 5.10 Å². The summed E-state index contributed by atoms with van der Waals surface area (Å²) < 4.78 is 1.82. The summed E-state index contributed by atoms with van der Waals surface area (Å²) in [6.45, 7) is 0. The summed E-state index contributed by atoms with van der Waals surface area (Å²) in [5, 5.41) is 13.4. The first kappa shape index (κ1) is 9.98. The zero-order valence-corrected chi connectivity index (χ0v) is 9.63. The smallest absolute Gasteiger partial charge is 0.203 e. The lowest BCUT2D eigenvalue weighted by molar-refractivity contribution is 0.884. The second-order valence-corrected chi connectivity index (χ2v) is 4.42. The number of anilines is 1. The van der Waals surface area contributed by atoms with Gasteiger partial charge < -0.3 is 5.73 Å². The van der Waals surface area contributed by atoms with E-state index in [1.54, 1.807) is 6.20 Å². The number of nitrogens with zero attached hydrogens (tertiary/aromatic N) is 4. The zero-order valence-electron chi connectivity index (χ0n) is 8.82. The fourth-order valence-electron chi connectivity index (χ4n) is 1.58. The Kier molecular flexibility index (Phi) is 2.34. The molecule has 3 rings (SSSR count). The van der Waals surface area contributed by atoms with E-state index in [-0.39, 0.29) is 0 Å². The molecule has 0 aliphatic carbocycles. The van der Waals surface area contributed by atoms with Crippen LogP contribution in [0.5, 0.6) is 0 Å². The van der Waals surface area contributed by atoms with Crippen LogP contribution >= 0.6 is 11.3 Å². The monoisotopic (exact) mass is 243 g/mol. The van der Waals surface area contributed by atoms with Crippen molar-refractivity contribution >= 4 is 16.5 Å². The highest BCUT2D eigenvalue weighted by Crippen LogP contribution is 2.26. The predicted molar refractivity (Wildman–Crippen MR) is 66.9 cm³/mol. The Balaban J connectivity index is 2.12. The second kappa shape index (κ2) is 3.99. The first-order chi connectivity index (χ1) is 8.34. The number of hydrogen-bond acceptors (Lipinski definition) is 5. The van der Waals surface area contributed by atoms with E-state index in [0.29, 0.717) is 5.13 Å². The first-order valence-corrected chi connectivity index (χ1v) is 5.85. The molecule has 2 N–H and O–H groups in total. The highest BCUT2D eigenvalue weighted by atomic mass is 32.1. The fourth-order valence-corrected chi connectivity index (χ4v) is 2.20. The highest BCUT2D eigenvalue weighted by Gasteiger charge is 2.11. The highest BCUT2D eigenvalue weighted by molar-refractivity contribution is 7.18. The Bertz CT molecular complexity index is 628. The van der Waals surface area contributed by atoms with Gasteiger partial charge in [-0.3, -0.25) is 0 Å². The largest absolute Gasteiger partial charge is 0.374 e. The van der Waals surface area contributed by atoms with Crippen LogP contribution < -0.4 is 5.73 Å². The third-order valence-corrected chi connectivity index (χ3v) is 3.08. The Morgan fingerprint density at radius 3 is 2.59 bits per heavy atom. The normalized spacial score (nSPS) is 10.6. The van der Waals surface area contributed by atoms with Gasteiger partial charge in [0.05, 0.1) is 11.9 Å². The molecule has 0 atom stereocenters. The van der Waals surface area contributed by atoms with Crippen LogP contribution in [0.25, 0.3) is 16.4 Å². The summed E-state index contributed by atoms with van der Waals surface area (Å²) in [7, 11) is 0. The van der Waals surface area contributed by atoms with Gasteiger partial charge in [0.15, 0.2) is 5.01 Å². The molecular weight excluding hydrogens is 234 g/mol. The Labute approximate surface area is 102 Å². The second-order valence-electron chi connectivity index (χ2n) is 3.41. The summed E-state index contributed by atoms with van der Waals surface area (Å²) in [4.78, 5) is 0. The minimum atomic E-state index is 0.459. The van der Waals surface area contributed by atoms with Crippen LogP contribution in [-0.4, -0.2) is 20.0 Å². The number of rotatable bonds is 2. The SMILES string of the molecule is Nc1nnc(-c2ccnn2-c2ccccc2)s1. The molecule has 2 heterocycles. The molecule has 0 unspecified atom stereocenters. The summed E-state index contributed by atoms with van der Waals surface area (Å²) in [5.74, 6) is 0. The van der Waals surface area contributed by atoms with Crippen molar-refractivity contribution in [1.82, 2.24) is 20.0 Å². The minimum Gasteiger partial charge on any atom is -0.374 e. The van der Waals surface area contributed by atoms with Crippen molar-refractivity contribution in [2.45, 2.75) is 0 Å². The number of nitrogen functional groups attached to an aromatic ring is 1. The van der Waals surface area contributed by atoms with Gasteiger partial charge in [-0.15, -0.1) is 10.2 Å². The van der Waals surface area contributed by atoms with Crippen LogP contribution in [0, 0.1) is 0 Å². The molecule has 1 aromatic carbocycles. The van der Waals surface area contributed by atoms with Crippen LogP contribution in [0.1, 0.15) is 0 Å². The van der Waals surface area contributed by atoms with Gasteiger partial charge in [-0.1, -0.05) is 29.5 Å². The van der Waals surface area contributed by atoms with E-state index in [2.05, 4.69) is 15.3 Å². The lowest BCUT2D eigenvalue weighted by atomic mass is 10.3. The summed E-state index contributed by atoms with van der Waals surface area (Å²) in [6, 6.07) is 11.8. The number of hydrogen-bond donors (Lipinski definition) is 1. The topological polar surface area (TPSA) is 69.6 Å². The molecule has 0 aliphatic rings. The van der Waals surface area contributed by atoms with Crippen LogP contribution in [0.4, 0.5) is 5.13 Å². The molecule has 0 aliphatic heterocycles. The predicted octanol–water partition coefficient (Wildman–Crippen LogP) is 1.97. The van der Waals surface area contributed by atoms with E-state index in [1.807, 2.05) is 41.1 Å². The molecule has 6 heteroatoms. The first-order valence-electron chi connectivity index (χ1n) is 5.03. The molecule has 0 spiro atoms. The van der Waals surface area contributed by atoms with Gasteiger partial charge in [0.1, 0.15) is 5.69 Å². The fraction of sp³-hybridized carbons (Fsp3) is 0. The van der Waals surface area contributed by atoms with E-state index >= 15 is 0 Å². The number of para-hydroxylation sites is 1. The average Bonchev–Trinajstić information content (AvgIpc) is 2.98. The van der Waals surface area contributed by atoms with Crippen molar-refractivity contribution in [3.05, 3.63) is 42.6 Å². The molecule has 0 radical (unpaired) electrons. The van der Waals surface area contributed by atoms with Crippen LogP contribution in [0.15, 0.2) is 42.6 Å². The number of nitrogens with two attached hydrogens (primary N) is 1. The molecule has 0 amide bonds. The van der Waals surface area contributed by atoms with Crippen molar-refractivity contribution in [1.29, 1.82) is 0 Å². The van der Waals surface area contributed by atoms with Crippen LogP contribution in [-0.2, 0) is 0 Å². The Hall–Kier alpha value is -2.21. The van der Waals surface area contributed by atoms with Gasteiger partial charge >= 0.3 is 0 Å². The van der Waals surface area contributed by atoms with Crippen molar-refractivity contribution < 1.29 is 0 Å². The van der Waals surface area contributed by atoms with E-state index in [9.17, 15) is 0 Å². The van der Waals surface area contributed by atoms with Crippen molar-refractivity contribution in [2.24, 2.45) is 0 Å². The summed E-state index contributed by atoms with van der Waals surface area (Å²) in [6.07, 6.45) is 1.74. The van der Waals surface area contributed by atoms with Gasteiger partial charge in [0, 0.05) is 0 Å². The average molecular weight is 243 g/mol. The third kappa shape index (κ3) is 1.78.